The second kappa shape index (κ2) is 5.45. The number of aliphatic hydroxyl groups excluding tert-OH is 1. The van der Waals surface area contributed by atoms with Crippen molar-refractivity contribution >= 4 is 23.3 Å². The van der Waals surface area contributed by atoms with Crippen molar-refractivity contribution in [3.8, 4) is 6.07 Å². The molecule has 116 valence electrons. The van der Waals surface area contributed by atoms with Crippen LogP contribution in [0.5, 0.6) is 0 Å². The van der Waals surface area contributed by atoms with Crippen LogP contribution in [0.2, 0.25) is 5.02 Å². The highest BCUT2D eigenvalue weighted by molar-refractivity contribution is 6.33. The zero-order chi connectivity index (χ0) is 16.0. The summed E-state index contributed by atoms with van der Waals surface area (Å²) in [5, 5.41) is 19.7. The van der Waals surface area contributed by atoms with Gasteiger partial charge in [0.1, 0.15) is 6.07 Å². The Morgan fingerprint density at radius 1 is 1.45 bits per heavy atom. The minimum Gasteiger partial charge on any atom is -0.391 e. The lowest BCUT2D eigenvalue weighted by atomic mass is 9.95. The predicted octanol–water partition coefficient (Wildman–Crippen LogP) is 2.67. The molecule has 0 aromatic heterocycles. The Morgan fingerprint density at radius 2 is 2.18 bits per heavy atom. The van der Waals surface area contributed by atoms with Gasteiger partial charge in [0.2, 0.25) is 0 Å². The van der Waals surface area contributed by atoms with Crippen LogP contribution >= 0.6 is 11.6 Å². The summed E-state index contributed by atoms with van der Waals surface area (Å²) in [6.07, 6.45) is 1.04. The highest BCUT2D eigenvalue weighted by Gasteiger charge is 2.49. The molecule has 1 aromatic carbocycles. The minimum atomic E-state index is -0.494. The number of urea groups is 1. The molecule has 1 unspecified atom stereocenters. The quantitative estimate of drug-likeness (QED) is 0.865. The van der Waals surface area contributed by atoms with Crippen LogP contribution in [0.15, 0.2) is 12.1 Å². The van der Waals surface area contributed by atoms with Crippen LogP contribution in [0.1, 0.15) is 30.9 Å². The third-order valence-corrected chi connectivity index (χ3v) is 5.23. The van der Waals surface area contributed by atoms with Crippen molar-refractivity contribution in [1.29, 1.82) is 5.26 Å². The lowest BCUT2D eigenvalue weighted by Crippen LogP contribution is -2.48. The summed E-state index contributed by atoms with van der Waals surface area (Å²) >= 11 is 6.23. The average molecular weight is 320 g/mol. The van der Waals surface area contributed by atoms with Gasteiger partial charge in [-0.1, -0.05) is 11.6 Å². The van der Waals surface area contributed by atoms with E-state index in [1.807, 2.05) is 19.9 Å². The number of carbonyl (C=O) groups excluding carboxylic acids is 1. The topological polar surface area (TPSA) is 67.6 Å². The third-order valence-electron chi connectivity index (χ3n) is 4.74. The molecule has 2 heterocycles. The van der Waals surface area contributed by atoms with Crippen molar-refractivity contribution < 1.29 is 9.90 Å². The Bertz CT molecular complexity index is 670. The smallest absolute Gasteiger partial charge is 0.325 e. The fourth-order valence-corrected chi connectivity index (χ4v) is 3.82. The van der Waals surface area contributed by atoms with Crippen molar-refractivity contribution in [3.63, 3.8) is 0 Å². The number of amides is 2. The van der Waals surface area contributed by atoms with Gasteiger partial charge >= 0.3 is 6.03 Å². The highest BCUT2D eigenvalue weighted by Crippen LogP contribution is 2.38. The number of fused-ring (bicyclic) bond motifs is 1. The molecule has 22 heavy (non-hydrogen) atoms. The van der Waals surface area contributed by atoms with E-state index in [4.69, 9.17) is 16.9 Å². The van der Waals surface area contributed by atoms with E-state index in [1.54, 1.807) is 21.9 Å². The Labute approximate surface area is 134 Å². The van der Waals surface area contributed by atoms with Crippen LogP contribution in [0.4, 0.5) is 10.5 Å². The monoisotopic (exact) mass is 319 g/mol. The summed E-state index contributed by atoms with van der Waals surface area (Å²) in [4.78, 5) is 16.2. The van der Waals surface area contributed by atoms with Crippen molar-refractivity contribution in [3.05, 3.63) is 28.3 Å². The van der Waals surface area contributed by atoms with Crippen LogP contribution in [-0.2, 0) is 0 Å². The first kappa shape index (κ1) is 15.1. The van der Waals surface area contributed by atoms with E-state index in [1.165, 1.54) is 0 Å². The number of piperidine rings is 1. The number of anilines is 1. The molecule has 2 amide bonds. The fraction of sp³-hybridized carbons (Fsp3) is 0.500. The molecule has 2 aliphatic heterocycles. The number of carbonyl (C=O) groups is 1. The average Bonchev–Trinajstić information content (AvgIpc) is 2.75. The lowest BCUT2D eigenvalue weighted by molar-refractivity contribution is 0.0418. The molecule has 6 heteroatoms. The SMILES string of the molecule is Cc1c(N2C(=O)N3CCCC(O)[C@H]3[C@@H]2C)ccc(C#N)c1Cl. The largest absolute Gasteiger partial charge is 0.391 e. The number of nitrogens with zero attached hydrogens (tertiary/aromatic N) is 3. The molecule has 0 radical (unpaired) electrons. The van der Waals surface area contributed by atoms with Gasteiger partial charge in [-0.25, -0.2) is 4.79 Å². The zero-order valence-electron chi connectivity index (χ0n) is 12.6. The van der Waals surface area contributed by atoms with Gasteiger partial charge in [-0.15, -0.1) is 0 Å². The van der Waals surface area contributed by atoms with Gasteiger partial charge < -0.3 is 10.0 Å². The summed E-state index contributed by atoms with van der Waals surface area (Å²) in [7, 11) is 0. The van der Waals surface area contributed by atoms with Gasteiger partial charge in [0, 0.05) is 6.54 Å². The lowest BCUT2D eigenvalue weighted by Gasteiger charge is -2.34. The van der Waals surface area contributed by atoms with Crippen molar-refractivity contribution in [2.24, 2.45) is 0 Å². The number of hydrogen-bond acceptors (Lipinski definition) is 3. The number of nitriles is 1. The number of rotatable bonds is 1. The molecule has 2 aliphatic rings. The van der Waals surface area contributed by atoms with Gasteiger partial charge in [0.25, 0.3) is 0 Å². The molecule has 0 spiro atoms. The number of halogens is 1. The number of hydrogen-bond donors (Lipinski definition) is 1. The van der Waals surface area contributed by atoms with Gasteiger partial charge in [0.05, 0.1) is 34.5 Å². The summed E-state index contributed by atoms with van der Waals surface area (Å²) < 4.78 is 0. The molecule has 2 fully saturated rings. The maximum Gasteiger partial charge on any atom is 0.325 e. The van der Waals surface area contributed by atoms with Crippen molar-refractivity contribution in [2.45, 2.75) is 44.9 Å². The maximum atomic E-state index is 12.7. The van der Waals surface area contributed by atoms with E-state index in [2.05, 4.69) is 0 Å². The van der Waals surface area contributed by atoms with Gasteiger partial charge in [-0.05, 0) is 44.4 Å². The summed E-state index contributed by atoms with van der Waals surface area (Å²) in [6, 6.07) is 5.03. The van der Waals surface area contributed by atoms with Crippen LogP contribution < -0.4 is 4.90 Å². The second-order valence-corrected chi connectivity index (χ2v) is 6.35. The summed E-state index contributed by atoms with van der Waals surface area (Å²) in [5.41, 5.74) is 1.83. The van der Waals surface area contributed by atoms with Crippen LogP contribution in [0, 0.1) is 18.3 Å². The molecule has 0 bridgehead atoms. The van der Waals surface area contributed by atoms with E-state index >= 15 is 0 Å². The van der Waals surface area contributed by atoms with E-state index in [0.717, 1.165) is 18.4 Å². The normalized spacial score (nSPS) is 27.8. The Morgan fingerprint density at radius 3 is 2.82 bits per heavy atom. The summed E-state index contributed by atoms with van der Waals surface area (Å²) in [5.74, 6) is 0. The van der Waals surface area contributed by atoms with Crippen LogP contribution in [0.3, 0.4) is 0 Å². The van der Waals surface area contributed by atoms with Gasteiger partial charge in [-0.3, -0.25) is 4.90 Å². The van der Waals surface area contributed by atoms with E-state index in [-0.39, 0.29) is 18.1 Å². The first-order chi connectivity index (χ1) is 10.5. The minimum absolute atomic E-state index is 0.0971. The van der Waals surface area contributed by atoms with Crippen molar-refractivity contribution in [1.82, 2.24) is 4.90 Å². The Kier molecular flexibility index (Phi) is 3.75. The molecule has 5 nitrogen and oxygen atoms in total. The molecule has 1 N–H and O–H groups in total. The molecule has 3 atom stereocenters. The third kappa shape index (κ3) is 2.06. The molecule has 0 saturated carbocycles. The zero-order valence-corrected chi connectivity index (χ0v) is 13.3. The molecule has 0 aliphatic carbocycles. The van der Waals surface area contributed by atoms with Gasteiger partial charge in [-0.2, -0.15) is 5.26 Å². The van der Waals surface area contributed by atoms with E-state index in [9.17, 15) is 9.90 Å². The highest BCUT2D eigenvalue weighted by atomic mass is 35.5. The predicted molar refractivity (Wildman–Crippen MR) is 84.0 cm³/mol. The summed E-state index contributed by atoms with van der Waals surface area (Å²) in [6.45, 7) is 4.43. The first-order valence-corrected chi connectivity index (χ1v) is 7.82. The molecular formula is C16H18ClN3O2. The van der Waals surface area contributed by atoms with Crippen LogP contribution in [0.25, 0.3) is 0 Å². The van der Waals surface area contributed by atoms with Crippen LogP contribution in [-0.4, -0.2) is 40.8 Å². The Hall–Kier alpha value is -1.77. The molecule has 2 saturated heterocycles. The fourth-order valence-electron chi connectivity index (χ4n) is 3.61. The van der Waals surface area contributed by atoms with Crippen molar-refractivity contribution in [2.75, 3.05) is 11.4 Å². The Balaban J connectivity index is 2.04. The molecule has 1 aromatic rings. The van der Waals surface area contributed by atoms with E-state index < -0.39 is 6.10 Å². The number of aliphatic hydroxyl groups is 1. The maximum absolute atomic E-state index is 12.7. The first-order valence-electron chi connectivity index (χ1n) is 7.44. The second-order valence-electron chi connectivity index (χ2n) is 5.97. The molecular weight excluding hydrogens is 302 g/mol. The molecule has 3 rings (SSSR count). The standard InChI is InChI=1S/C16H18ClN3O2/c1-9-12(6-5-11(8-18)14(9)17)20-10(2)15-13(21)4-3-7-19(15)16(20)22/h5-6,10,13,15,21H,3-4,7H2,1-2H3/t10-,13?,15+/m0/s1. The number of benzene rings is 1. The van der Waals surface area contributed by atoms with Gasteiger partial charge in [0.15, 0.2) is 0 Å². The van der Waals surface area contributed by atoms with E-state index in [0.29, 0.717) is 22.8 Å².